The molecule has 0 radical (unpaired) electrons. The lowest BCUT2D eigenvalue weighted by Crippen LogP contribution is -2.13. The van der Waals surface area contributed by atoms with E-state index in [0.29, 0.717) is 12.3 Å². The van der Waals surface area contributed by atoms with Crippen LogP contribution in [-0.4, -0.2) is 22.7 Å². The van der Waals surface area contributed by atoms with Gasteiger partial charge >= 0.3 is 6.09 Å². The van der Waals surface area contributed by atoms with Gasteiger partial charge in [-0.05, 0) is 26.0 Å². The Balaban J connectivity index is 2.17. The zero-order valence-corrected chi connectivity index (χ0v) is 10.4. The maximum Gasteiger partial charge on any atom is 0.411 e. The molecule has 5 nitrogen and oxygen atoms in total. The van der Waals surface area contributed by atoms with Crippen LogP contribution in [0.15, 0.2) is 30.5 Å². The molecule has 0 aliphatic rings. The number of hydrogen-bond donors (Lipinski definition) is 2. The van der Waals surface area contributed by atoms with E-state index in [2.05, 4.69) is 15.3 Å². The predicted molar refractivity (Wildman–Crippen MR) is 69.4 cm³/mol. The van der Waals surface area contributed by atoms with Crippen LogP contribution in [0.1, 0.15) is 12.7 Å². The molecule has 0 saturated carbocycles. The van der Waals surface area contributed by atoms with E-state index in [9.17, 15) is 4.79 Å². The first-order valence-corrected chi connectivity index (χ1v) is 5.75. The van der Waals surface area contributed by atoms with Gasteiger partial charge in [-0.3, -0.25) is 5.32 Å². The van der Waals surface area contributed by atoms with Crippen molar-refractivity contribution in [2.45, 2.75) is 13.8 Å². The summed E-state index contributed by atoms with van der Waals surface area (Å²) in [5.74, 6) is 0.855. The van der Waals surface area contributed by atoms with E-state index in [4.69, 9.17) is 4.74 Å². The molecule has 94 valence electrons. The maximum atomic E-state index is 11.3. The highest BCUT2D eigenvalue weighted by atomic mass is 16.5. The van der Waals surface area contributed by atoms with Crippen molar-refractivity contribution in [3.8, 4) is 11.3 Å². The summed E-state index contributed by atoms with van der Waals surface area (Å²) in [6.07, 6.45) is 1.31. The minimum Gasteiger partial charge on any atom is -0.450 e. The number of carbonyl (C=O) groups excluding carboxylic acids is 1. The summed E-state index contributed by atoms with van der Waals surface area (Å²) in [7, 11) is 0. The lowest BCUT2D eigenvalue weighted by atomic mass is 10.1. The summed E-state index contributed by atoms with van der Waals surface area (Å²) in [4.78, 5) is 18.6. The Kier molecular flexibility index (Phi) is 3.62. The third kappa shape index (κ3) is 2.88. The number of anilines is 1. The fraction of sp³-hybridized carbons (Fsp3) is 0.231. The molecule has 0 aliphatic heterocycles. The predicted octanol–water partition coefficient (Wildman–Crippen LogP) is 2.95. The Labute approximate surface area is 105 Å². The van der Waals surface area contributed by atoms with E-state index in [1.807, 2.05) is 31.2 Å². The van der Waals surface area contributed by atoms with E-state index in [0.717, 1.165) is 17.1 Å². The first-order chi connectivity index (χ1) is 8.69. The second-order valence-corrected chi connectivity index (χ2v) is 3.81. The Bertz CT molecular complexity index is 549. The number of H-pyrrole nitrogens is 1. The number of amides is 1. The molecule has 2 N–H and O–H groups in total. The number of nitrogens with one attached hydrogen (secondary N) is 2. The molecule has 0 fully saturated rings. The molecule has 1 heterocycles. The standard InChI is InChI=1S/C13H15N3O2/c1-3-18-13(17)16-11-6-4-5-10(7-11)12-8-14-9(2)15-12/h4-8H,3H2,1-2H3,(H,14,15)(H,16,17). The number of benzene rings is 1. The summed E-state index contributed by atoms with van der Waals surface area (Å²) in [5.41, 5.74) is 2.57. The Morgan fingerprint density at radius 3 is 3.00 bits per heavy atom. The molecule has 0 bridgehead atoms. The smallest absolute Gasteiger partial charge is 0.411 e. The van der Waals surface area contributed by atoms with Crippen molar-refractivity contribution in [1.29, 1.82) is 0 Å². The maximum absolute atomic E-state index is 11.3. The molecular formula is C13H15N3O2. The number of imidazole rings is 1. The quantitative estimate of drug-likeness (QED) is 0.873. The van der Waals surface area contributed by atoms with E-state index < -0.39 is 6.09 Å². The Morgan fingerprint density at radius 1 is 1.50 bits per heavy atom. The van der Waals surface area contributed by atoms with Crippen LogP contribution in [0, 0.1) is 6.92 Å². The van der Waals surface area contributed by atoms with Crippen LogP contribution in [-0.2, 0) is 4.74 Å². The number of aromatic amines is 1. The third-order valence-corrected chi connectivity index (χ3v) is 2.40. The summed E-state index contributed by atoms with van der Waals surface area (Å²) >= 11 is 0. The monoisotopic (exact) mass is 245 g/mol. The van der Waals surface area contributed by atoms with Gasteiger partial charge in [-0.25, -0.2) is 9.78 Å². The largest absolute Gasteiger partial charge is 0.450 e. The summed E-state index contributed by atoms with van der Waals surface area (Å²) in [6.45, 7) is 4.01. The highest BCUT2D eigenvalue weighted by Gasteiger charge is 2.05. The number of rotatable bonds is 3. The highest BCUT2D eigenvalue weighted by Crippen LogP contribution is 2.20. The fourth-order valence-corrected chi connectivity index (χ4v) is 1.62. The SMILES string of the molecule is CCOC(=O)Nc1cccc(-c2cnc(C)[nH]2)c1. The number of aryl methyl sites for hydroxylation is 1. The minimum absolute atomic E-state index is 0.352. The Hall–Kier alpha value is -2.30. The van der Waals surface area contributed by atoms with Crippen molar-refractivity contribution >= 4 is 11.8 Å². The summed E-state index contributed by atoms with van der Waals surface area (Å²) in [6, 6.07) is 7.49. The van der Waals surface area contributed by atoms with Crippen molar-refractivity contribution in [3.63, 3.8) is 0 Å². The topological polar surface area (TPSA) is 67.0 Å². The first-order valence-electron chi connectivity index (χ1n) is 5.75. The number of aromatic nitrogens is 2. The lowest BCUT2D eigenvalue weighted by Gasteiger charge is -2.06. The van der Waals surface area contributed by atoms with Gasteiger partial charge in [0.2, 0.25) is 0 Å². The Morgan fingerprint density at radius 2 is 2.33 bits per heavy atom. The second kappa shape index (κ2) is 5.35. The van der Waals surface area contributed by atoms with Gasteiger partial charge in [0, 0.05) is 11.3 Å². The van der Waals surface area contributed by atoms with Crippen molar-refractivity contribution in [1.82, 2.24) is 9.97 Å². The van der Waals surface area contributed by atoms with Gasteiger partial charge in [0.25, 0.3) is 0 Å². The fourth-order valence-electron chi connectivity index (χ4n) is 1.62. The highest BCUT2D eigenvalue weighted by molar-refractivity contribution is 5.85. The average molecular weight is 245 g/mol. The summed E-state index contributed by atoms with van der Waals surface area (Å²) < 4.78 is 4.83. The van der Waals surface area contributed by atoms with Crippen molar-refractivity contribution < 1.29 is 9.53 Å². The van der Waals surface area contributed by atoms with Crippen LogP contribution in [0.25, 0.3) is 11.3 Å². The van der Waals surface area contributed by atoms with Gasteiger partial charge in [-0.15, -0.1) is 0 Å². The van der Waals surface area contributed by atoms with Gasteiger partial charge in [-0.1, -0.05) is 12.1 Å². The molecule has 1 aromatic carbocycles. The average Bonchev–Trinajstić information content (AvgIpc) is 2.76. The van der Waals surface area contributed by atoms with E-state index in [1.165, 1.54) is 0 Å². The number of nitrogens with zero attached hydrogens (tertiary/aromatic N) is 1. The van der Waals surface area contributed by atoms with E-state index in [1.54, 1.807) is 13.1 Å². The summed E-state index contributed by atoms with van der Waals surface area (Å²) in [5, 5.41) is 2.66. The third-order valence-electron chi connectivity index (χ3n) is 2.40. The first kappa shape index (κ1) is 12.2. The van der Waals surface area contributed by atoms with Gasteiger partial charge in [0.1, 0.15) is 5.82 Å². The van der Waals surface area contributed by atoms with Crippen LogP contribution in [0.4, 0.5) is 10.5 Å². The zero-order chi connectivity index (χ0) is 13.0. The molecule has 5 heteroatoms. The molecule has 2 rings (SSSR count). The van der Waals surface area contributed by atoms with Crippen LogP contribution < -0.4 is 5.32 Å². The molecule has 0 saturated heterocycles. The molecule has 0 aliphatic carbocycles. The molecule has 18 heavy (non-hydrogen) atoms. The van der Waals surface area contributed by atoms with Crippen molar-refractivity contribution in [2.24, 2.45) is 0 Å². The number of ether oxygens (including phenoxy) is 1. The van der Waals surface area contributed by atoms with Crippen LogP contribution >= 0.6 is 0 Å². The molecule has 0 unspecified atom stereocenters. The minimum atomic E-state index is -0.449. The molecule has 0 atom stereocenters. The van der Waals surface area contributed by atoms with Crippen molar-refractivity contribution in [2.75, 3.05) is 11.9 Å². The van der Waals surface area contributed by atoms with Crippen LogP contribution in [0.3, 0.4) is 0 Å². The van der Waals surface area contributed by atoms with Crippen molar-refractivity contribution in [3.05, 3.63) is 36.3 Å². The van der Waals surface area contributed by atoms with Gasteiger partial charge in [-0.2, -0.15) is 0 Å². The van der Waals surface area contributed by atoms with Gasteiger partial charge < -0.3 is 9.72 Å². The zero-order valence-electron chi connectivity index (χ0n) is 10.4. The van der Waals surface area contributed by atoms with Gasteiger partial charge in [0.15, 0.2) is 0 Å². The molecule has 2 aromatic rings. The van der Waals surface area contributed by atoms with Gasteiger partial charge in [0.05, 0.1) is 18.5 Å². The molecule has 1 amide bonds. The van der Waals surface area contributed by atoms with Crippen LogP contribution in [0.2, 0.25) is 0 Å². The lowest BCUT2D eigenvalue weighted by molar-refractivity contribution is 0.168. The van der Waals surface area contributed by atoms with E-state index >= 15 is 0 Å². The molecule has 1 aromatic heterocycles. The number of hydrogen-bond acceptors (Lipinski definition) is 3. The molecule has 0 spiro atoms. The normalized spacial score (nSPS) is 10.1. The van der Waals surface area contributed by atoms with Crippen LogP contribution in [0.5, 0.6) is 0 Å². The van der Waals surface area contributed by atoms with E-state index in [-0.39, 0.29) is 0 Å². The number of carbonyl (C=O) groups is 1. The second-order valence-electron chi connectivity index (χ2n) is 3.81. The molecular weight excluding hydrogens is 230 g/mol.